The van der Waals surface area contributed by atoms with Gasteiger partial charge in [-0.15, -0.1) is 0 Å². The van der Waals surface area contributed by atoms with E-state index in [1.54, 1.807) is 11.0 Å². The van der Waals surface area contributed by atoms with Crippen LogP contribution < -0.4 is 0 Å². The van der Waals surface area contributed by atoms with Crippen molar-refractivity contribution in [2.45, 2.75) is 13.0 Å². The second-order valence-corrected chi connectivity index (χ2v) is 4.92. The van der Waals surface area contributed by atoms with E-state index >= 15 is 0 Å². The Labute approximate surface area is 98.0 Å². The number of hydrogen-bond acceptors (Lipinski definition) is 3. The summed E-state index contributed by atoms with van der Waals surface area (Å²) in [6.45, 7) is 2.71. The van der Waals surface area contributed by atoms with E-state index in [0.717, 1.165) is 11.5 Å². The molecule has 16 heavy (non-hydrogen) atoms. The molecule has 0 aromatic carbocycles. The van der Waals surface area contributed by atoms with Crippen molar-refractivity contribution in [1.29, 1.82) is 0 Å². The van der Waals surface area contributed by atoms with Crippen molar-refractivity contribution < 1.29 is 9.18 Å². The second kappa shape index (κ2) is 4.82. The van der Waals surface area contributed by atoms with Gasteiger partial charge in [-0.25, -0.2) is 4.98 Å². The Morgan fingerprint density at radius 2 is 2.44 bits per heavy atom. The van der Waals surface area contributed by atoms with Crippen molar-refractivity contribution in [1.82, 2.24) is 9.88 Å². The molecule has 1 atom stereocenters. The molecule has 5 heteroatoms. The minimum atomic E-state index is -0.607. The third-order valence-corrected chi connectivity index (χ3v) is 3.75. The Morgan fingerprint density at radius 1 is 1.62 bits per heavy atom. The van der Waals surface area contributed by atoms with E-state index < -0.39 is 5.95 Å². The van der Waals surface area contributed by atoms with E-state index in [0.29, 0.717) is 6.54 Å². The number of amides is 1. The van der Waals surface area contributed by atoms with Crippen LogP contribution in [-0.2, 0) is 0 Å². The van der Waals surface area contributed by atoms with E-state index in [9.17, 15) is 9.18 Å². The zero-order valence-electron chi connectivity index (χ0n) is 9.02. The van der Waals surface area contributed by atoms with Gasteiger partial charge in [-0.3, -0.25) is 4.79 Å². The van der Waals surface area contributed by atoms with Crippen molar-refractivity contribution >= 4 is 17.7 Å². The first-order valence-corrected chi connectivity index (χ1v) is 6.35. The molecule has 1 fully saturated rings. The molecule has 0 N–H and O–H groups in total. The van der Waals surface area contributed by atoms with Crippen LogP contribution in [0, 0.1) is 5.95 Å². The number of hydrogen-bond donors (Lipinski definition) is 0. The fraction of sp³-hybridized carbons (Fsp3) is 0.455. The molecule has 1 aliphatic rings. The number of rotatable bonds is 1. The number of carbonyl (C=O) groups excluding carboxylic acids is 1. The zero-order chi connectivity index (χ0) is 11.5. The summed E-state index contributed by atoms with van der Waals surface area (Å²) in [7, 11) is 0. The lowest BCUT2D eigenvalue weighted by Gasteiger charge is -2.32. The molecule has 0 bridgehead atoms. The highest BCUT2D eigenvalue weighted by Crippen LogP contribution is 2.17. The smallest absolute Gasteiger partial charge is 0.272 e. The summed E-state index contributed by atoms with van der Waals surface area (Å²) in [5.74, 6) is 1.09. The zero-order valence-corrected chi connectivity index (χ0v) is 9.84. The Bertz CT molecular complexity index is 399. The number of pyridine rings is 1. The average molecular weight is 240 g/mol. The molecule has 0 radical (unpaired) electrons. The monoisotopic (exact) mass is 240 g/mol. The maximum atomic E-state index is 12.9. The van der Waals surface area contributed by atoms with Crippen LogP contribution in [0.2, 0.25) is 0 Å². The fourth-order valence-electron chi connectivity index (χ4n) is 1.70. The summed E-state index contributed by atoms with van der Waals surface area (Å²) >= 11 is 1.83. The minimum Gasteiger partial charge on any atom is -0.333 e. The molecular weight excluding hydrogens is 227 g/mol. The molecule has 1 saturated heterocycles. The Kier molecular flexibility index (Phi) is 3.43. The lowest BCUT2D eigenvalue weighted by molar-refractivity contribution is 0.0708. The van der Waals surface area contributed by atoms with Crippen molar-refractivity contribution in [3.8, 4) is 0 Å². The highest BCUT2D eigenvalue weighted by Gasteiger charge is 2.25. The van der Waals surface area contributed by atoms with E-state index in [1.165, 1.54) is 12.1 Å². The number of thioether (sulfide) groups is 1. The summed E-state index contributed by atoms with van der Waals surface area (Å²) in [6.07, 6.45) is 0. The molecule has 2 heterocycles. The lowest BCUT2D eigenvalue weighted by atomic mass is 10.2. The van der Waals surface area contributed by atoms with Gasteiger partial charge >= 0.3 is 0 Å². The molecule has 1 aromatic heterocycles. The summed E-state index contributed by atoms with van der Waals surface area (Å²) in [5.41, 5.74) is 0.193. The van der Waals surface area contributed by atoms with Crippen LogP contribution in [0.15, 0.2) is 18.2 Å². The maximum absolute atomic E-state index is 12.9. The fourth-order valence-corrected chi connectivity index (χ4v) is 2.72. The first-order chi connectivity index (χ1) is 7.68. The Morgan fingerprint density at radius 3 is 3.12 bits per heavy atom. The first-order valence-electron chi connectivity index (χ1n) is 5.20. The van der Waals surface area contributed by atoms with E-state index in [4.69, 9.17) is 0 Å². The van der Waals surface area contributed by atoms with Crippen LogP contribution in [-0.4, -0.2) is 39.9 Å². The molecular formula is C11H13FN2OS. The molecule has 0 spiro atoms. The second-order valence-electron chi connectivity index (χ2n) is 3.77. The van der Waals surface area contributed by atoms with Crippen molar-refractivity contribution in [2.75, 3.05) is 18.1 Å². The van der Waals surface area contributed by atoms with Gasteiger partial charge < -0.3 is 4.90 Å². The van der Waals surface area contributed by atoms with Gasteiger partial charge in [0.2, 0.25) is 5.95 Å². The van der Waals surface area contributed by atoms with Crippen LogP contribution >= 0.6 is 11.8 Å². The molecule has 1 aliphatic heterocycles. The SMILES string of the molecule is CC1CSCCN1C(=O)c1cccc(F)n1. The molecule has 1 amide bonds. The average Bonchev–Trinajstić information content (AvgIpc) is 2.29. The van der Waals surface area contributed by atoms with E-state index in [2.05, 4.69) is 4.98 Å². The van der Waals surface area contributed by atoms with Crippen LogP contribution in [0.4, 0.5) is 4.39 Å². The molecule has 0 saturated carbocycles. The molecule has 0 aliphatic carbocycles. The topological polar surface area (TPSA) is 33.2 Å². The first kappa shape index (κ1) is 11.4. The maximum Gasteiger partial charge on any atom is 0.272 e. The van der Waals surface area contributed by atoms with Crippen molar-refractivity contribution in [3.05, 3.63) is 29.8 Å². The molecule has 3 nitrogen and oxygen atoms in total. The summed E-state index contributed by atoms with van der Waals surface area (Å²) in [6, 6.07) is 4.50. The van der Waals surface area contributed by atoms with Gasteiger partial charge in [-0.2, -0.15) is 16.2 Å². The highest BCUT2D eigenvalue weighted by molar-refractivity contribution is 7.99. The normalized spacial score (nSPS) is 20.9. The summed E-state index contributed by atoms with van der Waals surface area (Å²) < 4.78 is 12.9. The third-order valence-electron chi connectivity index (χ3n) is 2.56. The van der Waals surface area contributed by atoms with E-state index in [-0.39, 0.29) is 17.6 Å². The Balaban J connectivity index is 2.17. The third kappa shape index (κ3) is 2.35. The van der Waals surface area contributed by atoms with Gasteiger partial charge in [0.1, 0.15) is 5.69 Å². The van der Waals surface area contributed by atoms with Crippen molar-refractivity contribution in [3.63, 3.8) is 0 Å². The quantitative estimate of drug-likeness (QED) is 0.702. The number of nitrogens with zero attached hydrogens (tertiary/aromatic N) is 2. The number of aromatic nitrogens is 1. The van der Waals surface area contributed by atoms with Gasteiger partial charge in [-0.1, -0.05) is 6.07 Å². The lowest BCUT2D eigenvalue weighted by Crippen LogP contribution is -2.44. The standard InChI is InChI=1S/C11H13FN2OS/c1-8-7-16-6-5-14(8)11(15)9-3-2-4-10(12)13-9/h2-4,8H,5-7H2,1H3. The van der Waals surface area contributed by atoms with Gasteiger partial charge in [0.25, 0.3) is 5.91 Å². The van der Waals surface area contributed by atoms with Gasteiger partial charge in [0.15, 0.2) is 0 Å². The van der Waals surface area contributed by atoms with Crippen LogP contribution in [0.25, 0.3) is 0 Å². The predicted molar refractivity (Wildman–Crippen MR) is 62.0 cm³/mol. The number of carbonyl (C=O) groups is 1. The summed E-state index contributed by atoms with van der Waals surface area (Å²) in [5, 5.41) is 0. The van der Waals surface area contributed by atoms with Gasteiger partial charge in [-0.05, 0) is 19.1 Å². The van der Waals surface area contributed by atoms with Crippen LogP contribution in [0.3, 0.4) is 0 Å². The van der Waals surface area contributed by atoms with Gasteiger partial charge in [0.05, 0.1) is 0 Å². The number of halogens is 1. The molecule has 2 rings (SSSR count). The summed E-state index contributed by atoms with van der Waals surface area (Å²) in [4.78, 5) is 17.4. The molecule has 86 valence electrons. The van der Waals surface area contributed by atoms with Crippen LogP contribution in [0.1, 0.15) is 17.4 Å². The molecule has 1 aromatic rings. The Hall–Kier alpha value is -1.10. The van der Waals surface area contributed by atoms with E-state index in [1.807, 2.05) is 18.7 Å². The molecule has 1 unspecified atom stereocenters. The largest absolute Gasteiger partial charge is 0.333 e. The van der Waals surface area contributed by atoms with Crippen LogP contribution in [0.5, 0.6) is 0 Å². The van der Waals surface area contributed by atoms with Gasteiger partial charge in [0, 0.05) is 24.1 Å². The predicted octanol–water partition coefficient (Wildman–Crippen LogP) is 1.80. The highest BCUT2D eigenvalue weighted by atomic mass is 32.2. The minimum absolute atomic E-state index is 0.174. The van der Waals surface area contributed by atoms with Crippen molar-refractivity contribution in [2.24, 2.45) is 0 Å².